The minimum absolute atomic E-state index is 0.0636. The van der Waals surface area contributed by atoms with Gasteiger partial charge in [-0.25, -0.2) is 4.98 Å². The number of rotatable bonds is 7. The molecule has 0 spiro atoms. The second-order valence-corrected chi connectivity index (χ2v) is 8.09. The van der Waals surface area contributed by atoms with Crippen molar-refractivity contribution in [1.82, 2.24) is 20.0 Å². The second-order valence-electron chi connectivity index (χ2n) is 7.08. The SMILES string of the molecule is CCCc1nc(CN(CC)C(=O)C2CC(=O)N(c3nc4ccccc4s3)C2)no1. The minimum atomic E-state index is -0.392. The lowest BCUT2D eigenvalue weighted by Gasteiger charge is -2.22. The summed E-state index contributed by atoms with van der Waals surface area (Å²) in [5, 5.41) is 4.62. The molecule has 3 aromatic rings. The summed E-state index contributed by atoms with van der Waals surface area (Å²) in [5.74, 6) is 0.561. The first-order valence-corrected chi connectivity index (χ1v) is 10.7. The normalized spacial score (nSPS) is 16.7. The van der Waals surface area contributed by atoms with Crippen molar-refractivity contribution in [1.29, 1.82) is 0 Å². The van der Waals surface area contributed by atoms with Gasteiger partial charge in [-0.1, -0.05) is 35.5 Å². The molecule has 1 atom stereocenters. The molecule has 1 aliphatic rings. The van der Waals surface area contributed by atoms with Gasteiger partial charge >= 0.3 is 0 Å². The second kappa shape index (κ2) is 8.28. The average molecular weight is 414 g/mol. The van der Waals surface area contributed by atoms with Crippen LogP contribution in [0, 0.1) is 5.92 Å². The van der Waals surface area contributed by atoms with Crippen LogP contribution in [0.15, 0.2) is 28.8 Å². The summed E-state index contributed by atoms with van der Waals surface area (Å²) in [6.07, 6.45) is 1.84. The zero-order valence-electron chi connectivity index (χ0n) is 16.5. The number of fused-ring (bicyclic) bond motifs is 1. The third kappa shape index (κ3) is 4.00. The zero-order chi connectivity index (χ0) is 20.4. The summed E-state index contributed by atoms with van der Waals surface area (Å²) in [6.45, 7) is 5.10. The molecule has 1 unspecified atom stereocenters. The van der Waals surface area contributed by atoms with Crippen LogP contribution in [-0.2, 0) is 22.6 Å². The molecule has 4 rings (SSSR count). The van der Waals surface area contributed by atoms with E-state index in [1.165, 1.54) is 11.3 Å². The molecule has 1 aromatic carbocycles. The fourth-order valence-electron chi connectivity index (χ4n) is 3.48. The molecule has 0 N–H and O–H groups in total. The van der Waals surface area contributed by atoms with E-state index in [-0.39, 0.29) is 24.8 Å². The van der Waals surface area contributed by atoms with Crippen LogP contribution in [0.5, 0.6) is 0 Å². The van der Waals surface area contributed by atoms with E-state index in [1.54, 1.807) is 9.80 Å². The number of carbonyl (C=O) groups excluding carboxylic acids is 2. The van der Waals surface area contributed by atoms with Crippen LogP contribution in [0.2, 0.25) is 0 Å². The number of para-hydroxylation sites is 1. The van der Waals surface area contributed by atoms with Crippen molar-refractivity contribution < 1.29 is 14.1 Å². The van der Waals surface area contributed by atoms with Crippen molar-refractivity contribution in [2.24, 2.45) is 5.92 Å². The van der Waals surface area contributed by atoms with E-state index >= 15 is 0 Å². The van der Waals surface area contributed by atoms with Crippen LogP contribution in [0.25, 0.3) is 10.2 Å². The molecule has 3 heterocycles. The summed E-state index contributed by atoms with van der Waals surface area (Å²) >= 11 is 1.47. The Balaban J connectivity index is 1.45. The summed E-state index contributed by atoms with van der Waals surface area (Å²) in [4.78, 5) is 37.9. The number of hydrogen-bond acceptors (Lipinski definition) is 7. The third-order valence-electron chi connectivity index (χ3n) is 4.99. The van der Waals surface area contributed by atoms with Crippen molar-refractivity contribution in [3.05, 3.63) is 36.0 Å². The molecule has 0 radical (unpaired) electrons. The number of nitrogens with zero attached hydrogens (tertiary/aromatic N) is 5. The van der Waals surface area contributed by atoms with Crippen molar-refractivity contribution in [3.8, 4) is 0 Å². The maximum Gasteiger partial charge on any atom is 0.229 e. The molecule has 0 aliphatic carbocycles. The molecule has 2 aromatic heterocycles. The highest BCUT2D eigenvalue weighted by atomic mass is 32.1. The molecule has 29 heavy (non-hydrogen) atoms. The van der Waals surface area contributed by atoms with E-state index in [9.17, 15) is 9.59 Å². The summed E-state index contributed by atoms with van der Waals surface area (Å²) < 4.78 is 6.24. The Bertz CT molecular complexity index is 997. The van der Waals surface area contributed by atoms with Gasteiger partial charge in [0.05, 0.1) is 22.7 Å². The van der Waals surface area contributed by atoms with Gasteiger partial charge in [0.1, 0.15) is 0 Å². The monoisotopic (exact) mass is 413 g/mol. The van der Waals surface area contributed by atoms with Gasteiger partial charge in [0.25, 0.3) is 0 Å². The Labute approximate surface area is 172 Å². The van der Waals surface area contributed by atoms with Gasteiger partial charge < -0.3 is 9.42 Å². The first kappa shape index (κ1) is 19.5. The fourth-order valence-corrected chi connectivity index (χ4v) is 4.47. The van der Waals surface area contributed by atoms with Gasteiger partial charge in [-0.2, -0.15) is 4.98 Å². The molecule has 2 amide bonds. The average Bonchev–Trinajstić information content (AvgIpc) is 3.43. The lowest BCUT2D eigenvalue weighted by atomic mass is 10.1. The molecular formula is C20H23N5O3S. The number of carbonyl (C=O) groups is 2. The van der Waals surface area contributed by atoms with Gasteiger partial charge in [-0.15, -0.1) is 0 Å². The van der Waals surface area contributed by atoms with Crippen molar-refractivity contribution in [2.75, 3.05) is 18.0 Å². The molecular weight excluding hydrogens is 390 g/mol. The van der Waals surface area contributed by atoms with Gasteiger partial charge in [0.2, 0.25) is 17.7 Å². The van der Waals surface area contributed by atoms with Crippen LogP contribution < -0.4 is 4.90 Å². The maximum absolute atomic E-state index is 13.1. The molecule has 0 saturated carbocycles. The largest absolute Gasteiger partial charge is 0.339 e. The summed E-state index contributed by atoms with van der Waals surface area (Å²) in [6, 6.07) is 7.78. The quantitative estimate of drug-likeness (QED) is 0.591. The Morgan fingerprint density at radius 1 is 1.31 bits per heavy atom. The Morgan fingerprint density at radius 2 is 2.14 bits per heavy atom. The Hall–Kier alpha value is -2.81. The van der Waals surface area contributed by atoms with Crippen molar-refractivity contribution in [3.63, 3.8) is 0 Å². The fraction of sp³-hybridized carbons (Fsp3) is 0.450. The molecule has 8 nitrogen and oxygen atoms in total. The van der Waals surface area contributed by atoms with E-state index < -0.39 is 5.92 Å². The minimum Gasteiger partial charge on any atom is -0.339 e. The maximum atomic E-state index is 13.1. The first-order chi connectivity index (χ1) is 14.1. The standard InChI is InChI=1S/C20H23N5O3S/c1-3-7-17-22-16(23-28-17)12-24(4-2)19(27)13-10-18(26)25(11-13)20-21-14-8-5-6-9-15(14)29-20/h5-6,8-9,13H,3-4,7,10-12H2,1-2H3. The van der Waals surface area contributed by atoms with Gasteiger partial charge in [0, 0.05) is 25.9 Å². The van der Waals surface area contributed by atoms with Crippen LogP contribution in [0.4, 0.5) is 5.13 Å². The molecule has 152 valence electrons. The Kier molecular flexibility index (Phi) is 5.57. The number of aryl methyl sites for hydroxylation is 1. The molecule has 1 fully saturated rings. The predicted molar refractivity (Wildman–Crippen MR) is 109 cm³/mol. The number of hydrogen-bond donors (Lipinski definition) is 0. The highest BCUT2D eigenvalue weighted by Crippen LogP contribution is 2.33. The van der Waals surface area contributed by atoms with Gasteiger partial charge in [-0.3, -0.25) is 14.5 Å². The van der Waals surface area contributed by atoms with Gasteiger partial charge in [0.15, 0.2) is 11.0 Å². The van der Waals surface area contributed by atoms with Crippen LogP contribution >= 0.6 is 11.3 Å². The smallest absolute Gasteiger partial charge is 0.229 e. The van der Waals surface area contributed by atoms with Crippen LogP contribution in [0.1, 0.15) is 38.4 Å². The Morgan fingerprint density at radius 3 is 2.90 bits per heavy atom. The lowest BCUT2D eigenvalue weighted by Crippen LogP contribution is -2.37. The number of anilines is 1. The van der Waals surface area contributed by atoms with Crippen molar-refractivity contribution >= 4 is 38.5 Å². The van der Waals surface area contributed by atoms with Crippen LogP contribution in [-0.4, -0.2) is 44.9 Å². The summed E-state index contributed by atoms with van der Waals surface area (Å²) in [7, 11) is 0. The number of aromatic nitrogens is 3. The number of benzene rings is 1. The van der Waals surface area contributed by atoms with E-state index in [1.807, 2.05) is 38.1 Å². The molecule has 1 saturated heterocycles. The van der Waals surface area contributed by atoms with E-state index in [0.29, 0.717) is 29.9 Å². The van der Waals surface area contributed by atoms with E-state index in [4.69, 9.17) is 4.52 Å². The highest BCUT2D eigenvalue weighted by molar-refractivity contribution is 7.22. The van der Waals surface area contributed by atoms with Gasteiger partial charge in [-0.05, 0) is 25.5 Å². The van der Waals surface area contributed by atoms with E-state index in [0.717, 1.165) is 23.1 Å². The molecule has 0 bridgehead atoms. The number of thiazole rings is 1. The topological polar surface area (TPSA) is 92.4 Å². The number of amides is 2. The molecule has 9 heteroatoms. The predicted octanol–water partition coefficient (Wildman–Crippen LogP) is 3.03. The van der Waals surface area contributed by atoms with E-state index in [2.05, 4.69) is 15.1 Å². The summed E-state index contributed by atoms with van der Waals surface area (Å²) in [5.41, 5.74) is 0.866. The third-order valence-corrected chi connectivity index (χ3v) is 6.05. The van der Waals surface area contributed by atoms with Crippen molar-refractivity contribution in [2.45, 2.75) is 39.7 Å². The zero-order valence-corrected chi connectivity index (χ0v) is 17.3. The van der Waals surface area contributed by atoms with Crippen LogP contribution in [0.3, 0.4) is 0 Å². The highest BCUT2D eigenvalue weighted by Gasteiger charge is 2.38. The molecule has 1 aliphatic heterocycles. The first-order valence-electron chi connectivity index (χ1n) is 9.85. The lowest BCUT2D eigenvalue weighted by molar-refractivity contribution is -0.136.